The number of para-hydroxylation sites is 1. The normalized spacial score (nSPS) is 18.6. The van der Waals surface area contributed by atoms with E-state index in [4.69, 9.17) is 9.47 Å². The number of hydrogen-bond donors (Lipinski definition) is 1. The van der Waals surface area contributed by atoms with E-state index in [-0.39, 0.29) is 17.9 Å². The van der Waals surface area contributed by atoms with Crippen LogP contribution in [0.2, 0.25) is 0 Å². The summed E-state index contributed by atoms with van der Waals surface area (Å²) < 4.78 is 11.7. The van der Waals surface area contributed by atoms with Crippen molar-refractivity contribution in [3.05, 3.63) is 100 Å². The van der Waals surface area contributed by atoms with Gasteiger partial charge in [-0.15, -0.1) is 0 Å². The number of aliphatic hydroxyl groups is 1. The molecule has 0 radical (unpaired) electrons. The van der Waals surface area contributed by atoms with Gasteiger partial charge < -0.3 is 19.5 Å². The van der Waals surface area contributed by atoms with Gasteiger partial charge in [-0.3, -0.25) is 9.59 Å². The van der Waals surface area contributed by atoms with E-state index < -0.39 is 23.3 Å². The number of fused-ring (bicyclic) bond motifs is 1. The SMILES string of the molecule is Cc1cccc(C2/C(=C(/O)c3ccc4c(c3)CCO4)C(=O)C(=O)N2Cc2ccccc2OC(C)(C)C)c1. The smallest absolute Gasteiger partial charge is 0.295 e. The van der Waals surface area contributed by atoms with Gasteiger partial charge in [0.15, 0.2) is 0 Å². The average molecular weight is 498 g/mol. The third-order valence-corrected chi connectivity index (χ3v) is 6.59. The van der Waals surface area contributed by atoms with E-state index in [0.29, 0.717) is 17.9 Å². The molecule has 1 N–H and O–H groups in total. The monoisotopic (exact) mass is 497 g/mol. The third-order valence-electron chi connectivity index (χ3n) is 6.59. The number of ketones is 1. The van der Waals surface area contributed by atoms with Crippen LogP contribution >= 0.6 is 0 Å². The van der Waals surface area contributed by atoms with Crippen LogP contribution in [0.4, 0.5) is 0 Å². The summed E-state index contributed by atoms with van der Waals surface area (Å²) in [6.45, 7) is 8.59. The van der Waals surface area contributed by atoms with E-state index in [1.807, 2.05) is 82.3 Å². The van der Waals surface area contributed by atoms with Gasteiger partial charge in [-0.2, -0.15) is 0 Å². The van der Waals surface area contributed by atoms with E-state index in [9.17, 15) is 14.7 Å². The molecule has 3 aromatic rings. The molecule has 1 unspecified atom stereocenters. The first-order valence-electron chi connectivity index (χ1n) is 12.5. The molecule has 0 bridgehead atoms. The second-order valence-electron chi connectivity index (χ2n) is 10.6. The highest BCUT2D eigenvalue weighted by molar-refractivity contribution is 6.46. The molecular formula is C31H31NO5. The Bertz CT molecular complexity index is 1420. The third kappa shape index (κ3) is 4.84. The fourth-order valence-electron chi connectivity index (χ4n) is 4.97. The van der Waals surface area contributed by atoms with Gasteiger partial charge in [-0.05, 0) is 63.1 Å². The van der Waals surface area contributed by atoms with Gasteiger partial charge in [0.05, 0.1) is 24.8 Å². The standard InChI is InChI=1S/C31H31NO5/c1-19-8-7-10-21(16-19)27-26(28(33)22-12-13-24-20(17-22)14-15-36-24)29(34)30(35)32(27)18-23-9-5-6-11-25(23)37-31(2,3)4/h5-13,16-17,27,33H,14-15,18H2,1-4H3/b28-26-. The molecule has 37 heavy (non-hydrogen) atoms. The molecule has 3 aromatic carbocycles. The van der Waals surface area contributed by atoms with Gasteiger partial charge >= 0.3 is 0 Å². The Kier molecular flexibility index (Phi) is 6.28. The Labute approximate surface area is 217 Å². The average Bonchev–Trinajstić information content (AvgIpc) is 3.42. The maximum atomic E-state index is 13.5. The van der Waals surface area contributed by atoms with Crippen molar-refractivity contribution < 1.29 is 24.2 Å². The number of aryl methyl sites for hydroxylation is 1. The first kappa shape index (κ1) is 24.6. The lowest BCUT2D eigenvalue weighted by molar-refractivity contribution is -0.140. The summed E-state index contributed by atoms with van der Waals surface area (Å²) in [5.41, 5.74) is 3.66. The molecule has 1 atom stereocenters. The number of ether oxygens (including phenoxy) is 2. The Balaban J connectivity index is 1.62. The second-order valence-corrected chi connectivity index (χ2v) is 10.6. The minimum atomic E-state index is -0.743. The fraction of sp³-hybridized carbons (Fsp3) is 0.290. The summed E-state index contributed by atoms with van der Waals surface area (Å²) in [5, 5.41) is 11.4. The predicted molar refractivity (Wildman–Crippen MR) is 141 cm³/mol. The van der Waals surface area contributed by atoms with Crippen molar-refractivity contribution in [3.63, 3.8) is 0 Å². The minimum Gasteiger partial charge on any atom is -0.507 e. The first-order valence-corrected chi connectivity index (χ1v) is 12.5. The topological polar surface area (TPSA) is 76.1 Å². The number of likely N-dealkylation sites (tertiary alicyclic amines) is 1. The van der Waals surface area contributed by atoms with Gasteiger partial charge in [0, 0.05) is 17.5 Å². The van der Waals surface area contributed by atoms with Crippen LogP contribution in [0, 0.1) is 6.92 Å². The van der Waals surface area contributed by atoms with Gasteiger partial charge in [0.1, 0.15) is 22.9 Å². The molecule has 190 valence electrons. The lowest BCUT2D eigenvalue weighted by Gasteiger charge is -2.28. The zero-order valence-corrected chi connectivity index (χ0v) is 21.6. The summed E-state index contributed by atoms with van der Waals surface area (Å²) >= 11 is 0. The summed E-state index contributed by atoms with van der Waals surface area (Å²) in [6, 6.07) is 19.8. The quantitative estimate of drug-likeness (QED) is 0.277. The Morgan fingerprint density at radius 3 is 2.59 bits per heavy atom. The van der Waals surface area contributed by atoms with Crippen LogP contribution in [0.3, 0.4) is 0 Å². The number of amides is 1. The van der Waals surface area contributed by atoms with Crippen molar-refractivity contribution in [1.29, 1.82) is 0 Å². The molecule has 1 saturated heterocycles. The van der Waals surface area contributed by atoms with Crippen molar-refractivity contribution in [2.24, 2.45) is 0 Å². The summed E-state index contributed by atoms with van der Waals surface area (Å²) in [6.07, 6.45) is 0.733. The number of benzene rings is 3. The van der Waals surface area contributed by atoms with Crippen molar-refractivity contribution >= 4 is 17.4 Å². The number of carbonyl (C=O) groups is 2. The number of hydrogen-bond acceptors (Lipinski definition) is 5. The Hall–Kier alpha value is -4.06. The summed E-state index contributed by atoms with van der Waals surface area (Å²) in [4.78, 5) is 28.5. The first-order chi connectivity index (χ1) is 17.6. The summed E-state index contributed by atoms with van der Waals surface area (Å²) in [5.74, 6) is -0.0967. The van der Waals surface area contributed by atoms with Crippen LogP contribution in [0.5, 0.6) is 11.5 Å². The molecule has 0 saturated carbocycles. The molecule has 1 fully saturated rings. The maximum Gasteiger partial charge on any atom is 0.295 e. The van der Waals surface area contributed by atoms with Gasteiger partial charge in [-0.1, -0.05) is 48.0 Å². The van der Waals surface area contributed by atoms with E-state index in [1.165, 1.54) is 4.90 Å². The molecule has 5 rings (SSSR count). The highest BCUT2D eigenvalue weighted by Crippen LogP contribution is 2.42. The van der Waals surface area contributed by atoms with Crippen molar-refractivity contribution in [2.75, 3.05) is 6.61 Å². The zero-order chi connectivity index (χ0) is 26.3. The second kappa shape index (κ2) is 9.43. The number of Topliss-reactive ketones (excluding diaryl/α,β-unsaturated/α-hetero) is 1. The largest absolute Gasteiger partial charge is 0.507 e. The molecule has 0 spiro atoms. The molecule has 2 aliphatic rings. The van der Waals surface area contributed by atoms with Gasteiger partial charge in [0.2, 0.25) is 0 Å². The van der Waals surface area contributed by atoms with E-state index in [1.54, 1.807) is 12.1 Å². The van der Waals surface area contributed by atoms with Crippen molar-refractivity contribution in [3.8, 4) is 11.5 Å². The van der Waals surface area contributed by atoms with Gasteiger partial charge in [-0.25, -0.2) is 0 Å². The molecule has 2 heterocycles. The molecule has 1 amide bonds. The van der Waals surface area contributed by atoms with E-state index >= 15 is 0 Å². The maximum absolute atomic E-state index is 13.5. The molecule has 2 aliphatic heterocycles. The lowest BCUT2D eigenvalue weighted by atomic mass is 9.93. The van der Waals surface area contributed by atoms with Crippen LogP contribution in [0.1, 0.15) is 54.6 Å². The van der Waals surface area contributed by atoms with Crippen molar-refractivity contribution in [1.82, 2.24) is 4.90 Å². The molecule has 6 nitrogen and oxygen atoms in total. The lowest BCUT2D eigenvalue weighted by Crippen LogP contribution is -2.30. The highest BCUT2D eigenvalue weighted by Gasteiger charge is 2.46. The van der Waals surface area contributed by atoms with E-state index in [0.717, 1.165) is 34.4 Å². The van der Waals surface area contributed by atoms with E-state index in [2.05, 4.69) is 0 Å². The Morgan fingerprint density at radius 1 is 1.05 bits per heavy atom. The zero-order valence-electron chi connectivity index (χ0n) is 21.6. The fourth-order valence-corrected chi connectivity index (χ4v) is 4.97. The highest BCUT2D eigenvalue weighted by atomic mass is 16.5. The minimum absolute atomic E-state index is 0.0867. The number of rotatable bonds is 5. The van der Waals surface area contributed by atoms with Crippen LogP contribution in [-0.4, -0.2) is 33.9 Å². The Morgan fingerprint density at radius 2 is 1.84 bits per heavy atom. The molecular weight excluding hydrogens is 466 g/mol. The van der Waals surface area contributed by atoms with Gasteiger partial charge in [0.25, 0.3) is 11.7 Å². The molecule has 6 heteroatoms. The summed E-state index contributed by atoms with van der Waals surface area (Å²) in [7, 11) is 0. The number of nitrogens with zero attached hydrogens (tertiary/aromatic N) is 1. The predicted octanol–water partition coefficient (Wildman–Crippen LogP) is 5.73. The number of carbonyl (C=O) groups excluding carboxylic acids is 2. The molecule has 0 aromatic heterocycles. The van der Waals surface area contributed by atoms with Crippen molar-refractivity contribution in [2.45, 2.75) is 52.3 Å². The van der Waals surface area contributed by atoms with Crippen LogP contribution < -0.4 is 9.47 Å². The van der Waals surface area contributed by atoms with Crippen LogP contribution in [0.25, 0.3) is 5.76 Å². The number of aliphatic hydroxyl groups excluding tert-OH is 1. The van der Waals surface area contributed by atoms with Crippen LogP contribution in [0.15, 0.2) is 72.3 Å². The van der Waals surface area contributed by atoms with Crippen LogP contribution in [-0.2, 0) is 22.6 Å². The molecule has 0 aliphatic carbocycles.